The summed E-state index contributed by atoms with van der Waals surface area (Å²) in [5, 5.41) is 4.39. The van der Waals surface area contributed by atoms with Crippen LogP contribution in [-0.4, -0.2) is 22.9 Å². The predicted octanol–water partition coefficient (Wildman–Crippen LogP) is 2.30. The number of methoxy groups -OCH3 is 1. The molecule has 2 aromatic rings. The monoisotopic (exact) mass is 291 g/mol. The van der Waals surface area contributed by atoms with Crippen LogP contribution in [-0.2, 0) is 19.9 Å². The summed E-state index contributed by atoms with van der Waals surface area (Å²) in [6.45, 7) is 4.03. The molecule has 1 aromatic carbocycles. The highest BCUT2D eigenvalue weighted by Crippen LogP contribution is 2.20. The third-order valence-electron chi connectivity index (χ3n) is 3.84. The quantitative estimate of drug-likeness (QED) is 0.919. The number of hydrogen-bond acceptors (Lipinski definition) is 3. The summed E-state index contributed by atoms with van der Waals surface area (Å²) in [5.74, 6) is -0.0952. The van der Waals surface area contributed by atoms with Crippen molar-refractivity contribution in [3.05, 3.63) is 46.5 Å². The van der Waals surface area contributed by atoms with Crippen LogP contribution in [0.1, 0.15) is 22.5 Å². The van der Waals surface area contributed by atoms with E-state index in [-0.39, 0.29) is 17.6 Å². The smallest absolute Gasteiger partial charge is 0.165 e. The number of nitrogens with two attached hydrogens (primary N) is 1. The standard InChI is InChI=1S/C16H22FN3O/c1-10-14(11(2)20(3)19-10)9-13(18)7-12-5-6-16(21-4)15(17)8-12/h5-6,8,13H,7,9,18H2,1-4H3. The number of rotatable bonds is 5. The van der Waals surface area contributed by atoms with Crippen LogP contribution in [0.25, 0.3) is 0 Å². The lowest BCUT2D eigenvalue weighted by atomic mass is 9.98. The molecule has 0 saturated heterocycles. The lowest BCUT2D eigenvalue weighted by Crippen LogP contribution is -2.26. The van der Waals surface area contributed by atoms with E-state index in [0.29, 0.717) is 6.42 Å². The van der Waals surface area contributed by atoms with Gasteiger partial charge in [0.25, 0.3) is 0 Å². The van der Waals surface area contributed by atoms with E-state index in [2.05, 4.69) is 5.10 Å². The van der Waals surface area contributed by atoms with E-state index >= 15 is 0 Å². The predicted molar refractivity (Wildman–Crippen MR) is 81.0 cm³/mol. The highest BCUT2D eigenvalue weighted by atomic mass is 19.1. The summed E-state index contributed by atoms with van der Waals surface area (Å²) in [7, 11) is 3.38. The zero-order chi connectivity index (χ0) is 15.6. The van der Waals surface area contributed by atoms with E-state index in [4.69, 9.17) is 10.5 Å². The number of benzene rings is 1. The summed E-state index contributed by atoms with van der Waals surface area (Å²) in [5.41, 5.74) is 10.4. The Morgan fingerprint density at radius 3 is 2.57 bits per heavy atom. The van der Waals surface area contributed by atoms with Crippen LogP contribution < -0.4 is 10.5 Å². The molecule has 4 nitrogen and oxygen atoms in total. The van der Waals surface area contributed by atoms with Crippen molar-refractivity contribution < 1.29 is 9.13 Å². The highest BCUT2D eigenvalue weighted by Gasteiger charge is 2.14. The van der Waals surface area contributed by atoms with E-state index in [9.17, 15) is 4.39 Å². The second-order valence-electron chi connectivity index (χ2n) is 5.41. The first-order valence-corrected chi connectivity index (χ1v) is 6.99. The van der Waals surface area contributed by atoms with Crippen molar-refractivity contribution in [3.8, 4) is 5.75 Å². The third-order valence-corrected chi connectivity index (χ3v) is 3.84. The largest absolute Gasteiger partial charge is 0.494 e. The Labute approximate surface area is 124 Å². The van der Waals surface area contributed by atoms with E-state index in [1.807, 2.05) is 31.6 Å². The summed E-state index contributed by atoms with van der Waals surface area (Å²) >= 11 is 0. The summed E-state index contributed by atoms with van der Waals surface area (Å²) in [6.07, 6.45) is 1.36. The van der Waals surface area contributed by atoms with Crippen molar-refractivity contribution >= 4 is 0 Å². The number of ether oxygens (including phenoxy) is 1. The number of hydrogen-bond donors (Lipinski definition) is 1. The molecule has 0 aliphatic heterocycles. The van der Waals surface area contributed by atoms with Crippen LogP contribution in [0.4, 0.5) is 4.39 Å². The van der Waals surface area contributed by atoms with Gasteiger partial charge in [-0.25, -0.2) is 4.39 Å². The Morgan fingerprint density at radius 2 is 2.05 bits per heavy atom. The average Bonchev–Trinajstić information content (AvgIpc) is 2.65. The summed E-state index contributed by atoms with van der Waals surface area (Å²) in [6, 6.07) is 4.91. The molecule has 1 atom stereocenters. The Morgan fingerprint density at radius 1 is 1.33 bits per heavy atom. The van der Waals surface area contributed by atoms with Crippen LogP contribution in [0.15, 0.2) is 18.2 Å². The fraction of sp³-hybridized carbons (Fsp3) is 0.438. The lowest BCUT2D eigenvalue weighted by molar-refractivity contribution is 0.386. The van der Waals surface area contributed by atoms with Gasteiger partial charge in [-0.1, -0.05) is 6.07 Å². The van der Waals surface area contributed by atoms with E-state index in [1.165, 1.54) is 18.7 Å². The Hall–Kier alpha value is -1.88. The van der Waals surface area contributed by atoms with Gasteiger partial charge in [-0.3, -0.25) is 4.68 Å². The van der Waals surface area contributed by atoms with Gasteiger partial charge in [-0.05, 0) is 49.9 Å². The molecule has 0 amide bonds. The third kappa shape index (κ3) is 3.42. The second-order valence-corrected chi connectivity index (χ2v) is 5.41. The average molecular weight is 291 g/mol. The van der Waals surface area contributed by atoms with Gasteiger partial charge in [0, 0.05) is 18.8 Å². The van der Waals surface area contributed by atoms with Crippen LogP contribution in [0, 0.1) is 19.7 Å². The Kier molecular flexibility index (Phi) is 4.63. The molecular formula is C16H22FN3O. The summed E-state index contributed by atoms with van der Waals surface area (Å²) < 4.78 is 20.5. The van der Waals surface area contributed by atoms with Crippen molar-refractivity contribution in [3.63, 3.8) is 0 Å². The SMILES string of the molecule is COc1ccc(CC(N)Cc2c(C)nn(C)c2C)cc1F. The fourth-order valence-electron chi connectivity index (χ4n) is 2.59. The maximum absolute atomic E-state index is 13.7. The molecule has 0 radical (unpaired) electrons. The molecule has 2 rings (SSSR count). The van der Waals surface area contributed by atoms with Crippen LogP contribution in [0.2, 0.25) is 0 Å². The molecule has 1 unspecified atom stereocenters. The Bertz CT molecular complexity index is 637. The minimum absolute atomic E-state index is 0.0700. The van der Waals surface area contributed by atoms with Gasteiger partial charge >= 0.3 is 0 Å². The molecule has 0 aliphatic rings. The molecule has 1 heterocycles. The Balaban J connectivity index is 2.08. The van der Waals surface area contributed by atoms with Crippen molar-refractivity contribution in [2.45, 2.75) is 32.7 Å². The molecule has 21 heavy (non-hydrogen) atoms. The number of halogens is 1. The molecule has 0 aliphatic carbocycles. The maximum Gasteiger partial charge on any atom is 0.165 e. The first kappa shape index (κ1) is 15.5. The van der Waals surface area contributed by atoms with Crippen molar-refractivity contribution in [2.24, 2.45) is 12.8 Å². The zero-order valence-electron chi connectivity index (χ0n) is 13.0. The second kappa shape index (κ2) is 6.26. The van der Waals surface area contributed by atoms with Crippen molar-refractivity contribution in [1.29, 1.82) is 0 Å². The number of aromatic nitrogens is 2. The van der Waals surface area contributed by atoms with Crippen molar-refractivity contribution in [2.75, 3.05) is 7.11 Å². The molecule has 0 saturated carbocycles. The minimum atomic E-state index is -0.351. The number of nitrogens with zero attached hydrogens (tertiary/aromatic N) is 2. The molecule has 5 heteroatoms. The normalized spacial score (nSPS) is 12.5. The molecule has 0 bridgehead atoms. The van der Waals surface area contributed by atoms with E-state index < -0.39 is 0 Å². The minimum Gasteiger partial charge on any atom is -0.494 e. The topological polar surface area (TPSA) is 53.1 Å². The maximum atomic E-state index is 13.7. The van der Waals surface area contributed by atoms with Gasteiger partial charge in [-0.15, -0.1) is 0 Å². The van der Waals surface area contributed by atoms with Crippen LogP contribution in [0.3, 0.4) is 0 Å². The zero-order valence-corrected chi connectivity index (χ0v) is 13.0. The van der Waals surface area contributed by atoms with E-state index in [1.54, 1.807) is 6.07 Å². The molecule has 0 spiro atoms. The van der Waals surface area contributed by atoms with Crippen molar-refractivity contribution in [1.82, 2.24) is 9.78 Å². The molecule has 2 N–H and O–H groups in total. The van der Waals surface area contributed by atoms with Gasteiger partial charge in [0.05, 0.1) is 12.8 Å². The summed E-state index contributed by atoms with van der Waals surface area (Å²) in [4.78, 5) is 0. The van der Waals surface area contributed by atoms with Gasteiger partial charge in [-0.2, -0.15) is 5.10 Å². The highest BCUT2D eigenvalue weighted by molar-refractivity contribution is 5.30. The first-order chi connectivity index (χ1) is 9.92. The fourth-order valence-corrected chi connectivity index (χ4v) is 2.59. The van der Waals surface area contributed by atoms with E-state index in [0.717, 1.165) is 23.4 Å². The molecule has 114 valence electrons. The first-order valence-electron chi connectivity index (χ1n) is 6.99. The van der Waals surface area contributed by atoms with Gasteiger partial charge in [0.1, 0.15) is 0 Å². The van der Waals surface area contributed by atoms with Crippen LogP contribution in [0.5, 0.6) is 5.75 Å². The van der Waals surface area contributed by atoms with Gasteiger partial charge in [0.2, 0.25) is 0 Å². The van der Waals surface area contributed by atoms with Gasteiger partial charge in [0.15, 0.2) is 11.6 Å². The van der Waals surface area contributed by atoms with Crippen LogP contribution >= 0.6 is 0 Å². The number of aryl methyl sites for hydroxylation is 2. The van der Waals surface area contributed by atoms with Gasteiger partial charge < -0.3 is 10.5 Å². The molecule has 1 aromatic heterocycles. The molecule has 0 fully saturated rings. The lowest BCUT2D eigenvalue weighted by Gasteiger charge is -2.13. The molecular weight excluding hydrogens is 269 g/mol.